The van der Waals surface area contributed by atoms with Crippen LogP contribution in [0.1, 0.15) is 12.6 Å². The third kappa shape index (κ3) is 6.39. The van der Waals surface area contributed by atoms with Gasteiger partial charge in [-0.3, -0.25) is 18.9 Å². The van der Waals surface area contributed by atoms with Crippen LogP contribution in [0.3, 0.4) is 0 Å². The van der Waals surface area contributed by atoms with Crippen LogP contribution in [-0.2, 0) is 9.26 Å². The Hall–Kier alpha value is -3.40. The summed E-state index contributed by atoms with van der Waals surface area (Å²) in [7, 11) is 1.17. The summed E-state index contributed by atoms with van der Waals surface area (Å²) >= 11 is 0. The number of methoxy groups -OCH3 is 2. The highest BCUT2D eigenvalue weighted by Crippen LogP contribution is 2.43. The number of aromatic amines is 1. The molecule has 0 aliphatic carbocycles. The summed E-state index contributed by atoms with van der Waals surface area (Å²) in [5.41, 5.74) is -1.32. The minimum absolute atomic E-state index is 0.00945. The molecule has 0 amide bonds. The van der Waals surface area contributed by atoms with E-state index < -0.39 is 38.4 Å². The van der Waals surface area contributed by atoms with E-state index in [1.165, 1.54) is 6.20 Å². The number of rotatable bonds is 10. The first kappa shape index (κ1) is 24.7. The van der Waals surface area contributed by atoms with Crippen LogP contribution in [0.15, 0.2) is 70.4 Å². The van der Waals surface area contributed by atoms with Crippen molar-refractivity contribution >= 4 is 8.60 Å². The minimum atomic E-state index is -1.95. The standard InChI is InChI=1S/C23H24FN2O8P/c1-29-15-3-7-17(8-4-15)33-35(34-18-9-5-16(30-2)6-10-18)31-14-19-13-20(24)22(32-19)26-12-11-21(27)25-23(26)28/h3-12,19-20,22H,13-14H2,1-2H3,(H,25,27,28). The monoisotopic (exact) mass is 506 g/mol. The van der Waals surface area contributed by atoms with Crippen LogP contribution in [0.2, 0.25) is 0 Å². The van der Waals surface area contributed by atoms with Crippen molar-refractivity contribution in [2.24, 2.45) is 0 Å². The van der Waals surface area contributed by atoms with E-state index in [2.05, 4.69) is 4.98 Å². The number of nitrogens with one attached hydrogen (secondary N) is 1. The molecule has 35 heavy (non-hydrogen) atoms. The molecule has 1 aliphatic rings. The Morgan fingerprint density at radius 2 is 1.49 bits per heavy atom. The SMILES string of the molecule is COc1ccc(OP(OCC2CC(F)C(n3ccc(=O)[nH]c3=O)O2)Oc2ccc(OC)cc2)cc1. The van der Waals surface area contributed by atoms with Crippen LogP contribution in [0.25, 0.3) is 0 Å². The molecule has 0 radical (unpaired) electrons. The van der Waals surface area contributed by atoms with Gasteiger partial charge in [-0.1, -0.05) is 0 Å². The quantitative estimate of drug-likeness (QED) is 0.416. The maximum atomic E-state index is 14.7. The fourth-order valence-corrected chi connectivity index (χ4v) is 4.36. The summed E-state index contributed by atoms with van der Waals surface area (Å²) < 4.78 is 49.3. The molecule has 3 aromatic rings. The van der Waals surface area contributed by atoms with Gasteiger partial charge in [-0.25, -0.2) is 9.18 Å². The molecule has 2 heterocycles. The molecule has 1 aliphatic heterocycles. The molecule has 3 unspecified atom stereocenters. The first-order valence-electron chi connectivity index (χ1n) is 10.6. The number of benzene rings is 2. The summed E-state index contributed by atoms with van der Waals surface area (Å²) in [5, 5.41) is 0. The normalized spacial score (nSPS) is 19.5. The van der Waals surface area contributed by atoms with Gasteiger partial charge in [-0.2, -0.15) is 0 Å². The molecule has 1 aromatic heterocycles. The van der Waals surface area contributed by atoms with Crippen molar-refractivity contribution in [3.05, 3.63) is 81.6 Å². The molecule has 1 saturated heterocycles. The van der Waals surface area contributed by atoms with Gasteiger partial charge >= 0.3 is 14.3 Å². The van der Waals surface area contributed by atoms with Gasteiger partial charge < -0.3 is 23.3 Å². The van der Waals surface area contributed by atoms with E-state index in [9.17, 15) is 14.0 Å². The third-order valence-corrected chi connectivity index (χ3v) is 6.18. The Morgan fingerprint density at radius 3 is 2.00 bits per heavy atom. The van der Waals surface area contributed by atoms with Crippen molar-refractivity contribution in [2.45, 2.75) is 24.9 Å². The fourth-order valence-electron chi connectivity index (χ4n) is 3.34. The van der Waals surface area contributed by atoms with Crippen LogP contribution >= 0.6 is 8.60 Å². The highest BCUT2D eigenvalue weighted by Gasteiger charge is 2.38. The first-order chi connectivity index (χ1) is 16.9. The van der Waals surface area contributed by atoms with Crippen LogP contribution < -0.4 is 29.8 Å². The van der Waals surface area contributed by atoms with Gasteiger partial charge in [-0.05, 0) is 48.5 Å². The average Bonchev–Trinajstić information content (AvgIpc) is 3.23. The first-order valence-corrected chi connectivity index (χ1v) is 11.7. The van der Waals surface area contributed by atoms with Crippen molar-refractivity contribution in [2.75, 3.05) is 20.8 Å². The lowest BCUT2D eigenvalue weighted by Crippen LogP contribution is -2.34. The Labute approximate surface area is 201 Å². The Morgan fingerprint density at radius 1 is 0.943 bits per heavy atom. The van der Waals surface area contributed by atoms with E-state index in [4.69, 9.17) is 27.8 Å². The van der Waals surface area contributed by atoms with E-state index in [0.29, 0.717) is 23.0 Å². The topological polar surface area (TPSA) is 110 Å². The predicted octanol–water partition coefficient (Wildman–Crippen LogP) is 3.58. The molecule has 10 nitrogen and oxygen atoms in total. The molecule has 3 atom stereocenters. The maximum absolute atomic E-state index is 14.7. The van der Waals surface area contributed by atoms with Gasteiger partial charge in [0, 0.05) is 18.7 Å². The molecule has 12 heteroatoms. The van der Waals surface area contributed by atoms with E-state index in [0.717, 1.165) is 10.6 Å². The number of nitrogens with zero attached hydrogens (tertiary/aromatic N) is 1. The van der Waals surface area contributed by atoms with Gasteiger partial charge in [0.15, 0.2) is 6.23 Å². The third-order valence-electron chi connectivity index (χ3n) is 5.10. The number of alkyl halides is 1. The Bertz CT molecular complexity index is 1170. The van der Waals surface area contributed by atoms with Gasteiger partial charge in [0.25, 0.3) is 5.56 Å². The van der Waals surface area contributed by atoms with E-state index >= 15 is 0 Å². The number of hydrogen-bond donors (Lipinski definition) is 1. The zero-order chi connectivity index (χ0) is 24.8. The predicted molar refractivity (Wildman–Crippen MR) is 125 cm³/mol. The number of aromatic nitrogens is 2. The summed E-state index contributed by atoms with van der Waals surface area (Å²) in [5.74, 6) is 2.30. The van der Waals surface area contributed by atoms with Crippen molar-refractivity contribution in [3.63, 3.8) is 0 Å². The van der Waals surface area contributed by atoms with Crippen molar-refractivity contribution in [1.82, 2.24) is 9.55 Å². The largest absolute Gasteiger partial charge is 0.497 e. The molecule has 1 fully saturated rings. The van der Waals surface area contributed by atoms with E-state index in [1.807, 2.05) is 0 Å². The van der Waals surface area contributed by atoms with Crippen LogP contribution in [-0.4, -0.2) is 42.7 Å². The summed E-state index contributed by atoms with van der Waals surface area (Å²) in [6.45, 7) is -0.0486. The van der Waals surface area contributed by atoms with Crippen molar-refractivity contribution in [1.29, 1.82) is 0 Å². The number of ether oxygens (including phenoxy) is 3. The number of hydrogen-bond acceptors (Lipinski definition) is 8. The lowest BCUT2D eigenvalue weighted by molar-refractivity contribution is -0.0365. The zero-order valence-corrected chi connectivity index (χ0v) is 19.9. The second-order valence-electron chi connectivity index (χ2n) is 7.47. The summed E-state index contributed by atoms with van der Waals surface area (Å²) in [4.78, 5) is 25.4. The summed E-state index contributed by atoms with van der Waals surface area (Å²) in [6, 6.07) is 14.9. The second kappa shape index (κ2) is 11.4. The van der Waals surface area contributed by atoms with Gasteiger partial charge in [0.1, 0.15) is 29.2 Å². The number of halogens is 1. The highest BCUT2D eigenvalue weighted by atomic mass is 31.2. The second-order valence-corrected chi connectivity index (χ2v) is 8.54. The molecule has 0 bridgehead atoms. The zero-order valence-electron chi connectivity index (χ0n) is 19.0. The summed E-state index contributed by atoms with van der Waals surface area (Å²) in [6.07, 6.45) is -2.12. The minimum Gasteiger partial charge on any atom is -0.497 e. The van der Waals surface area contributed by atoms with Gasteiger partial charge in [-0.15, -0.1) is 0 Å². The van der Waals surface area contributed by atoms with Gasteiger partial charge in [0.2, 0.25) is 0 Å². The van der Waals surface area contributed by atoms with Crippen molar-refractivity contribution < 1.29 is 32.2 Å². The maximum Gasteiger partial charge on any atom is 0.463 e. The van der Waals surface area contributed by atoms with Crippen LogP contribution in [0, 0.1) is 0 Å². The molecule has 1 N–H and O–H groups in total. The van der Waals surface area contributed by atoms with E-state index in [-0.39, 0.29) is 13.0 Å². The molecular weight excluding hydrogens is 482 g/mol. The Balaban J connectivity index is 1.43. The lowest BCUT2D eigenvalue weighted by atomic mass is 10.2. The van der Waals surface area contributed by atoms with E-state index in [1.54, 1.807) is 62.8 Å². The van der Waals surface area contributed by atoms with Crippen LogP contribution in [0.4, 0.5) is 4.39 Å². The Kier molecular flexibility index (Phi) is 8.02. The lowest BCUT2D eigenvalue weighted by Gasteiger charge is -2.20. The smallest absolute Gasteiger partial charge is 0.463 e. The molecule has 0 spiro atoms. The molecule has 2 aromatic carbocycles. The highest BCUT2D eigenvalue weighted by molar-refractivity contribution is 7.42. The average molecular weight is 506 g/mol. The number of H-pyrrole nitrogens is 1. The van der Waals surface area contributed by atoms with Gasteiger partial charge in [0.05, 0.1) is 26.9 Å². The molecule has 186 valence electrons. The molecular formula is C23H24FN2O8P. The van der Waals surface area contributed by atoms with Crippen molar-refractivity contribution in [3.8, 4) is 23.0 Å². The van der Waals surface area contributed by atoms with Crippen LogP contribution in [0.5, 0.6) is 23.0 Å². The fraction of sp³-hybridized carbons (Fsp3) is 0.304. The molecule has 0 saturated carbocycles. The molecule has 4 rings (SSSR count).